The maximum atomic E-state index is 12.8. The number of nitro groups is 1. The molecule has 1 saturated heterocycles. The molecule has 2 amide bonds. The van der Waals surface area contributed by atoms with Gasteiger partial charge in [-0.15, -0.1) is 11.3 Å². The molecule has 0 bridgehead atoms. The number of rotatable bonds is 6. The van der Waals surface area contributed by atoms with Gasteiger partial charge in [-0.2, -0.15) is 13.5 Å². The Morgan fingerprint density at radius 3 is 2.29 bits per heavy atom. The number of hydrogen-bond acceptors (Lipinski definition) is 6. The lowest BCUT2D eigenvalue weighted by molar-refractivity contribution is -0.384. The zero-order valence-corrected chi connectivity index (χ0v) is 21.1. The van der Waals surface area contributed by atoms with E-state index in [2.05, 4.69) is 5.32 Å². The summed E-state index contributed by atoms with van der Waals surface area (Å²) < 4.78 is 5.93. The number of nitrogens with one attached hydrogen (secondary N) is 1. The standard InChI is InChI=1S/C24H22ClN3O5S.H2S/c25-21-11-10-20(34-21)23(29)26-22(16-4-2-1-3-5-16)17-12-14-27(15-13-17)24(30)33-19-8-6-18(7-9-19)28(31)32;/h1-11,17,22H,12-15H2,(H,26,29);1H2/t22-;/m1./s1. The van der Waals surface area contributed by atoms with Crippen molar-refractivity contribution in [2.24, 2.45) is 5.92 Å². The number of carbonyl (C=O) groups is 2. The quantitative estimate of drug-likeness (QED) is 0.318. The van der Waals surface area contributed by atoms with Gasteiger partial charge in [0.2, 0.25) is 0 Å². The average Bonchev–Trinajstić information content (AvgIpc) is 3.30. The van der Waals surface area contributed by atoms with E-state index in [-0.39, 0.29) is 42.8 Å². The fraction of sp³-hybridized carbons (Fsp3) is 0.250. The molecule has 0 saturated carbocycles. The molecule has 0 spiro atoms. The maximum absolute atomic E-state index is 12.8. The summed E-state index contributed by atoms with van der Waals surface area (Å²) in [6.45, 7) is 0.945. The molecule has 0 unspecified atom stereocenters. The van der Waals surface area contributed by atoms with Crippen LogP contribution in [0.1, 0.15) is 34.1 Å². The van der Waals surface area contributed by atoms with Gasteiger partial charge < -0.3 is 15.0 Å². The highest BCUT2D eigenvalue weighted by Gasteiger charge is 2.31. The highest BCUT2D eigenvalue weighted by molar-refractivity contribution is 7.59. The van der Waals surface area contributed by atoms with E-state index < -0.39 is 11.0 Å². The van der Waals surface area contributed by atoms with Crippen LogP contribution in [0.3, 0.4) is 0 Å². The van der Waals surface area contributed by atoms with E-state index in [0.29, 0.717) is 35.1 Å². The summed E-state index contributed by atoms with van der Waals surface area (Å²) in [5.41, 5.74) is 0.935. The second-order valence-electron chi connectivity index (χ2n) is 7.91. The van der Waals surface area contributed by atoms with Crippen LogP contribution < -0.4 is 10.1 Å². The monoisotopic (exact) mass is 533 g/mol. The third kappa shape index (κ3) is 6.74. The Bertz CT molecular complexity index is 1170. The number of non-ortho nitro benzene ring substituents is 1. The number of thiophene rings is 1. The first-order chi connectivity index (χ1) is 16.4. The summed E-state index contributed by atoms with van der Waals surface area (Å²) in [5.74, 6) is 0.206. The Balaban J connectivity index is 0.00000342. The summed E-state index contributed by atoms with van der Waals surface area (Å²) in [4.78, 5) is 37.9. The minimum Gasteiger partial charge on any atom is -0.410 e. The van der Waals surface area contributed by atoms with Crippen molar-refractivity contribution in [3.63, 3.8) is 0 Å². The molecule has 1 aliphatic heterocycles. The number of halogens is 1. The molecule has 1 aromatic heterocycles. The molecule has 4 rings (SSSR count). The van der Waals surface area contributed by atoms with Crippen molar-refractivity contribution in [3.05, 3.63) is 91.6 Å². The number of nitrogens with zero attached hydrogens (tertiary/aromatic N) is 2. The largest absolute Gasteiger partial charge is 0.415 e. The molecule has 35 heavy (non-hydrogen) atoms. The Labute approximate surface area is 218 Å². The van der Waals surface area contributed by atoms with Gasteiger partial charge >= 0.3 is 6.09 Å². The molecule has 8 nitrogen and oxygen atoms in total. The molecule has 0 aliphatic carbocycles. The molecule has 184 valence electrons. The van der Waals surface area contributed by atoms with Crippen LogP contribution in [-0.4, -0.2) is 34.9 Å². The van der Waals surface area contributed by atoms with Gasteiger partial charge in [0.25, 0.3) is 11.6 Å². The zero-order chi connectivity index (χ0) is 24.1. The second-order valence-corrected chi connectivity index (χ2v) is 9.62. The van der Waals surface area contributed by atoms with Crippen molar-refractivity contribution in [3.8, 4) is 5.75 Å². The lowest BCUT2D eigenvalue weighted by Crippen LogP contribution is -2.44. The summed E-state index contributed by atoms with van der Waals surface area (Å²) in [5, 5.41) is 13.9. The van der Waals surface area contributed by atoms with E-state index in [1.165, 1.54) is 35.6 Å². The van der Waals surface area contributed by atoms with Crippen LogP contribution in [0.5, 0.6) is 5.75 Å². The lowest BCUT2D eigenvalue weighted by atomic mass is 9.85. The Hall–Kier alpha value is -3.08. The Kier molecular flexibility index (Phi) is 9.13. The third-order valence-corrected chi connectivity index (χ3v) is 6.99. The van der Waals surface area contributed by atoms with Crippen molar-refractivity contribution >= 4 is 54.1 Å². The molecule has 1 fully saturated rings. The van der Waals surface area contributed by atoms with Gasteiger partial charge in [0.1, 0.15) is 5.75 Å². The lowest BCUT2D eigenvalue weighted by Gasteiger charge is -2.36. The highest BCUT2D eigenvalue weighted by atomic mass is 35.5. The van der Waals surface area contributed by atoms with Crippen LogP contribution in [-0.2, 0) is 0 Å². The van der Waals surface area contributed by atoms with E-state index in [9.17, 15) is 19.7 Å². The van der Waals surface area contributed by atoms with Gasteiger partial charge in [-0.05, 0) is 48.6 Å². The van der Waals surface area contributed by atoms with Gasteiger partial charge in [-0.3, -0.25) is 14.9 Å². The molecule has 1 N–H and O–H groups in total. The zero-order valence-electron chi connectivity index (χ0n) is 18.6. The van der Waals surface area contributed by atoms with Crippen LogP contribution in [0.2, 0.25) is 4.34 Å². The van der Waals surface area contributed by atoms with Crippen molar-refractivity contribution < 1.29 is 19.2 Å². The van der Waals surface area contributed by atoms with Crippen molar-refractivity contribution in [1.29, 1.82) is 0 Å². The van der Waals surface area contributed by atoms with Gasteiger partial charge in [-0.1, -0.05) is 41.9 Å². The molecule has 2 heterocycles. The number of benzene rings is 2. The average molecular weight is 534 g/mol. The van der Waals surface area contributed by atoms with Gasteiger partial charge in [0, 0.05) is 25.2 Å². The first-order valence-corrected chi connectivity index (χ1v) is 11.9. The molecular formula is C24H24ClN3O5S2. The number of amides is 2. The smallest absolute Gasteiger partial charge is 0.410 e. The number of nitro benzene ring substituents is 1. The summed E-state index contributed by atoms with van der Waals surface area (Å²) in [6, 6.07) is 18.4. The summed E-state index contributed by atoms with van der Waals surface area (Å²) >= 11 is 7.23. The predicted molar refractivity (Wildman–Crippen MR) is 140 cm³/mol. The number of hydrogen-bond donors (Lipinski definition) is 1. The Morgan fingerprint density at radius 2 is 1.71 bits per heavy atom. The van der Waals surface area contributed by atoms with E-state index in [0.717, 1.165) is 5.56 Å². The molecule has 0 radical (unpaired) electrons. The first-order valence-electron chi connectivity index (χ1n) is 10.7. The first kappa shape index (κ1) is 26.5. The van der Waals surface area contributed by atoms with Crippen molar-refractivity contribution in [2.45, 2.75) is 18.9 Å². The molecule has 2 aromatic carbocycles. The van der Waals surface area contributed by atoms with Crippen molar-refractivity contribution in [2.75, 3.05) is 13.1 Å². The van der Waals surface area contributed by atoms with Crippen LogP contribution >= 0.6 is 36.4 Å². The summed E-state index contributed by atoms with van der Waals surface area (Å²) in [6.07, 6.45) is 0.863. The Morgan fingerprint density at radius 1 is 1.06 bits per heavy atom. The van der Waals surface area contributed by atoms with Crippen LogP contribution in [0.4, 0.5) is 10.5 Å². The van der Waals surface area contributed by atoms with Crippen LogP contribution in [0.15, 0.2) is 66.7 Å². The SMILES string of the molecule is O=C(N[C@H](c1ccccc1)C1CCN(C(=O)Oc2ccc([N+](=O)[O-])cc2)CC1)c1ccc(Cl)s1.S. The normalized spacial score (nSPS) is 14.5. The predicted octanol–water partition coefficient (Wildman–Crippen LogP) is 5.80. The molecule has 3 aromatic rings. The van der Waals surface area contributed by atoms with Gasteiger partial charge in [0.05, 0.1) is 20.2 Å². The molecule has 1 aliphatic rings. The van der Waals surface area contributed by atoms with Crippen LogP contribution in [0, 0.1) is 16.0 Å². The maximum Gasteiger partial charge on any atom is 0.415 e. The third-order valence-electron chi connectivity index (χ3n) is 5.76. The minimum atomic E-state index is -0.509. The van der Waals surface area contributed by atoms with E-state index >= 15 is 0 Å². The van der Waals surface area contributed by atoms with E-state index in [1.807, 2.05) is 30.3 Å². The highest BCUT2D eigenvalue weighted by Crippen LogP contribution is 2.32. The van der Waals surface area contributed by atoms with Gasteiger partial charge in [-0.25, -0.2) is 4.79 Å². The molecule has 1 atom stereocenters. The fourth-order valence-corrected chi connectivity index (χ4v) is 4.95. The summed E-state index contributed by atoms with van der Waals surface area (Å²) in [7, 11) is 0. The van der Waals surface area contributed by atoms with E-state index in [4.69, 9.17) is 16.3 Å². The van der Waals surface area contributed by atoms with Crippen molar-refractivity contribution in [1.82, 2.24) is 10.2 Å². The number of piperidine rings is 1. The number of carbonyl (C=O) groups excluding carboxylic acids is 2. The van der Waals surface area contributed by atoms with Crippen LogP contribution in [0.25, 0.3) is 0 Å². The van der Waals surface area contributed by atoms with E-state index in [1.54, 1.807) is 17.0 Å². The minimum absolute atomic E-state index is 0. The molecular weight excluding hydrogens is 510 g/mol. The number of likely N-dealkylation sites (tertiary alicyclic amines) is 1. The molecule has 11 heteroatoms. The van der Waals surface area contributed by atoms with Gasteiger partial charge in [0.15, 0.2) is 0 Å². The second kappa shape index (κ2) is 12.1. The number of ether oxygens (including phenoxy) is 1. The fourth-order valence-electron chi connectivity index (χ4n) is 4.00. The topological polar surface area (TPSA) is 102 Å².